The third-order valence-corrected chi connectivity index (χ3v) is 3.50. The van der Waals surface area contributed by atoms with Crippen molar-refractivity contribution in [2.75, 3.05) is 5.32 Å². The lowest BCUT2D eigenvalue weighted by atomic mass is 10.1. The van der Waals surface area contributed by atoms with E-state index >= 15 is 0 Å². The molecule has 0 bridgehead atoms. The summed E-state index contributed by atoms with van der Waals surface area (Å²) >= 11 is 5.47. The van der Waals surface area contributed by atoms with Crippen LogP contribution in [0.5, 0.6) is 0 Å². The van der Waals surface area contributed by atoms with Crippen LogP contribution in [0.2, 0.25) is 5.02 Å². The minimum atomic E-state index is -5.18. The Bertz CT molecular complexity index is 950. The van der Waals surface area contributed by atoms with E-state index in [2.05, 4.69) is 10.3 Å². The fourth-order valence-electron chi connectivity index (χ4n) is 1.97. The zero-order chi connectivity index (χ0) is 20.5. The van der Waals surface area contributed by atoms with Crippen molar-refractivity contribution in [1.29, 1.82) is 0 Å². The van der Waals surface area contributed by atoms with E-state index in [0.717, 1.165) is 18.3 Å². The molecular weight excluding hydrogens is 403 g/mol. The number of rotatable bonds is 5. The molecule has 1 heterocycles. The molecule has 142 valence electrons. The summed E-state index contributed by atoms with van der Waals surface area (Å²) in [6.45, 7) is 0. The first-order chi connectivity index (χ1) is 12.4. The highest BCUT2D eigenvalue weighted by atomic mass is 35.5. The van der Waals surface area contributed by atoms with Gasteiger partial charge in [-0.15, -0.1) is 0 Å². The van der Waals surface area contributed by atoms with Crippen LogP contribution >= 0.6 is 11.6 Å². The Morgan fingerprint density at radius 2 is 1.67 bits per heavy atom. The molecule has 0 aliphatic heterocycles. The zero-order valence-corrected chi connectivity index (χ0v) is 13.3. The molecule has 0 aliphatic carbocycles. The van der Waals surface area contributed by atoms with Gasteiger partial charge < -0.3 is 5.32 Å². The normalized spacial score (nSPS) is 11.1. The van der Waals surface area contributed by atoms with Crippen molar-refractivity contribution in [1.82, 2.24) is 4.98 Å². The first-order valence-corrected chi connectivity index (χ1v) is 6.91. The van der Waals surface area contributed by atoms with Crippen LogP contribution < -0.4 is 5.32 Å². The number of benzene rings is 1. The molecular formula is C12H5ClF3N5O6. The quantitative estimate of drug-likeness (QED) is 0.570. The standard InChI is InChI=1S/C12H5ClF3N5O6/c13-9-6(12(14,15)16)3-7(20(24)25)10(11(9)21(26)27)18-8-2-1-5(4-17-8)19(22)23/h1-4H,(H,17,18). The Hall–Kier alpha value is -3.55. The molecule has 27 heavy (non-hydrogen) atoms. The summed E-state index contributed by atoms with van der Waals surface area (Å²) in [5.74, 6) is -0.331. The van der Waals surface area contributed by atoms with E-state index in [1.807, 2.05) is 0 Å². The SMILES string of the molecule is O=[N+]([O-])c1ccc(Nc2c([N+](=O)[O-])cc(C(F)(F)F)c(Cl)c2[N+](=O)[O-])nc1. The molecule has 0 saturated carbocycles. The van der Waals surface area contributed by atoms with Crippen LogP contribution in [-0.4, -0.2) is 19.8 Å². The third kappa shape index (κ3) is 4.00. The molecule has 0 amide bonds. The number of anilines is 2. The van der Waals surface area contributed by atoms with Crippen molar-refractivity contribution in [3.8, 4) is 0 Å². The Balaban J connectivity index is 2.70. The lowest BCUT2D eigenvalue weighted by Gasteiger charge is -2.13. The van der Waals surface area contributed by atoms with E-state index in [-0.39, 0.29) is 11.9 Å². The topological polar surface area (TPSA) is 154 Å². The van der Waals surface area contributed by atoms with Gasteiger partial charge in [-0.1, -0.05) is 11.6 Å². The summed E-state index contributed by atoms with van der Waals surface area (Å²) in [5.41, 5.74) is -5.83. The summed E-state index contributed by atoms with van der Waals surface area (Å²) in [4.78, 5) is 33.1. The maximum Gasteiger partial charge on any atom is 0.418 e. The Labute approximate surface area is 150 Å². The van der Waals surface area contributed by atoms with Crippen LogP contribution in [0.4, 0.5) is 41.7 Å². The number of alkyl halides is 3. The van der Waals surface area contributed by atoms with Gasteiger partial charge in [0.25, 0.3) is 5.69 Å². The van der Waals surface area contributed by atoms with Crippen molar-refractivity contribution < 1.29 is 27.9 Å². The summed E-state index contributed by atoms with van der Waals surface area (Å²) in [6, 6.07) is 1.93. The molecule has 2 rings (SSSR count). The molecule has 0 saturated heterocycles. The molecule has 0 aliphatic rings. The smallest absolute Gasteiger partial charge is 0.329 e. The summed E-state index contributed by atoms with van der Waals surface area (Å²) in [7, 11) is 0. The molecule has 2 aromatic rings. The average molecular weight is 408 g/mol. The van der Waals surface area contributed by atoms with Gasteiger partial charge in [0.2, 0.25) is 0 Å². The summed E-state index contributed by atoms with van der Waals surface area (Å²) < 4.78 is 39.0. The molecule has 1 aromatic heterocycles. The van der Waals surface area contributed by atoms with Gasteiger partial charge in [0.05, 0.1) is 20.3 Å². The fraction of sp³-hybridized carbons (Fsp3) is 0.0833. The van der Waals surface area contributed by atoms with Gasteiger partial charge in [0, 0.05) is 12.1 Å². The monoisotopic (exact) mass is 407 g/mol. The van der Waals surface area contributed by atoms with Gasteiger partial charge in [-0.25, -0.2) is 4.98 Å². The number of nitrogens with one attached hydrogen (secondary N) is 1. The second kappa shape index (κ2) is 6.99. The predicted molar refractivity (Wildman–Crippen MR) is 83.9 cm³/mol. The third-order valence-electron chi connectivity index (χ3n) is 3.11. The van der Waals surface area contributed by atoms with E-state index in [0.29, 0.717) is 0 Å². The number of aromatic nitrogens is 1. The van der Waals surface area contributed by atoms with Crippen LogP contribution in [0.15, 0.2) is 24.4 Å². The lowest BCUT2D eigenvalue weighted by molar-refractivity contribution is -0.392. The van der Waals surface area contributed by atoms with Gasteiger partial charge in [0.15, 0.2) is 5.69 Å². The highest BCUT2D eigenvalue weighted by Gasteiger charge is 2.42. The van der Waals surface area contributed by atoms with Crippen LogP contribution in [0.1, 0.15) is 5.56 Å². The Morgan fingerprint density at radius 1 is 1.04 bits per heavy atom. The number of nitro benzene ring substituents is 2. The molecule has 1 N–H and O–H groups in total. The largest absolute Gasteiger partial charge is 0.418 e. The van der Waals surface area contributed by atoms with Crippen molar-refractivity contribution in [2.24, 2.45) is 0 Å². The number of nitrogens with zero attached hydrogens (tertiary/aromatic N) is 4. The highest BCUT2D eigenvalue weighted by Crippen LogP contribution is 2.48. The van der Waals surface area contributed by atoms with E-state index < -0.39 is 54.3 Å². The second-order valence-corrected chi connectivity index (χ2v) is 5.15. The Morgan fingerprint density at radius 3 is 2.07 bits per heavy atom. The molecule has 11 nitrogen and oxygen atoms in total. The van der Waals surface area contributed by atoms with Gasteiger partial charge in [0.1, 0.15) is 17.0 Å². The number of halogens is 4. The van der Waals surface area contributed by atoms with Crippen molar-refractivity contribution >= 4 is 40.2 Å². The van der Waals surface area contributed by atoms with E-state index in [1.165, 1.54) is 0 Å². The number of hydrogen-bond donors (Lipinski definition) is 1. The van der Waals surface area contributed by atoms with Crippen LogP contribution in [-0.2, 0) is 6.18 Å². The summed E-state index contributed by atoms with van der Waals surface area (Å²) in [6.07, 6.45) is -4.44. The zero-order valence-electron chi connectivity index (χ0n) is 12.6. The van der Waals surface area contributed by atoms with Crippen LogP contribution in [0.25, 0.3) is 0 Å². The van der Waals surface area contributed by atoms with E-state index in [1.54, 1.807) is 0 Å². The van der Waals surface area contributed by atoms with Gasteiger partial charge >= 0.3 is 17.6 Å². The first-order valence-electron chi connectivity index (χ1n) is 6.53. The molecule has 0 unspecified atom stereocenters. The molecule has 15 heteroatoms. The van der Waals surface area contributed by atoms with Crippen molar-refractivity contribution in [3.63, 3.8) is 0 Å². The van der Waals surface area contributed by atoms with Gasteiger partial charge in [-0.2, -0.15) is 13.2 Å². The highest BCUT2D eigenvalue weighted by molar-refractivity contribution is 6.34. The lowest BCUT2D eigenvalue weighted by Crippen LogP contribution is -2.11. The predicted octanol–water partition coefficient (Wildman–Crippen LogP) is 4.22. The van der Waals surface area contributed by atoms with E-state index in [4.69, 9.17) is 11.6 Å². The van der Waals surface area contributed by atoms with Crippen LogP contribution in [0.3, 0.4) is 0 Å². The maximum atomic E-state index is 13.0. The molecule has 0 fully saturated rings. The molecule has 0 radical (unpaired) electrons. The maximum absolute atomic E-state index is 13.0. The second-order valence-electron chi connectivity index (χ2n) is 4.78. The van der Waals surface area contributed by atoms with E-state index in [9.17, 15) is 43.5 Å². The minimum absolute atomic E-state index is 0.0447. The summed E-state index contributed by atoms with van der Waals surface area (Å²) in [5, 5.41) is 33.7. The molecule has 1 aromatic carbocycles. The first kappa shape index (κ1) is 19.8. The number of nitro groups is 3. The number of pyridine rings is 1. The molecule has 0 spiro atoms. The Kier molecular flexibility index (Phi) is 5.12. The van der Waals surface area contributed by atoms with Crippen LogP contribution in [0, 0.1) is 30.3 Å². The van der Waals surface area contributed by atoms with Crippen molar-refractivity contribution in [2.45, 2.75) is 6.18 Å². The fourth-order valence-corrected chi connectivity index (χ4v) is 2.30. The van der Waals surface area contributed by atoms with Gasteiger partial charge in [-0.3, -0.25) is 30.3 Å². The average Bonchev–Trinajstić information content (AvgIpc) is 2.53. The van der Waals surface area contributed by atoms with Crippen molar-refractivity contribution in [3.05, 3.63) is 65.3 Å². The van der Waals surface area contributed by atoms with Gasteiger partial charge in [-0.05, 0) is 6.07 Å². The molecule has 0 atom stereocenters. The minimum Gasteiger partial charge on any atom is -0.329 e. The number of hydrogen-bond acceptors (Lipinski definition) is 8.